The van der Waals surface area contributed by atoms with Crippen LogP contribution in [0, 0.1) is 11.8 Å². The molecular formula is C7H8F2. The molecule has 2 heteroatoms. The third-order valence-electron chi connectivity index (χ3n) is 2.38. The fourth-order valence-corrected chi connectivity index (χ4v) is 1.83. The molecule has 2 unspecified atom stereocenters. The molecule has 0 N–H and O–H groups in total. The van der Waals surface area contributed by atoms with Crippen LogP contribution in [0.5, 0.6) is 0 Å². The van der Waals surface area contributed by atoms with Gasteiger partial charge in [0.25, 0.3) is 0 Å². The van der Waals surface area contributed by atoms with Gasteiger partial charge in [-0.15, -0.1) is 0 Å². The van der Waals surface area contributed by atoms with Crippen LogP contribution in [0.3, 0.4) is 0 Å². The highest BCUT2D eigenvalue weighted by Crippen LogP contribution is 2.49. The van der Waals surface area contributed by atoms with Crippen LogP contribution in [0.15, 0.2) is 11.7 Å². The van der Waals surface area contributed by atoms with Gasteiger partial charge in [0.15, 0.2) is 0 Å². The van der Waals surface area contributed by atoms with Gasteiger partial charge in [0.05, 0.1) is 0 Å². The van der Waals surface area contributed by atoms with E-state index in [1.807, 2.05) is 0 Å². The number of hydrogen-bond donors (Lipinski definition) is 0. The second-order valence-electron chi connectivity index (χ2n) is 2.90. The first-order valence-corrected chi connectivity index (χ1v) is 3.34. The van der Waals surface area contributed by atoms with E-state index in [0.29, 0.717) is 0 Å². The Morgan fingerprint density at radius 1 is 1.00 bits per heavy atom. The zero-order chi connectivity index (χ0) is 6.43. The summed E-state index contributed by atoms with van der Waals surface area (Å²) in [7, 11) is 0. The molecule has 2 bridgehead atoms. The lowest BCUT2D eigenvalue weighted by Gasteiger charge is -2.05. The molecule has 0 aliphatic heterocycles. The highest BCUT2D eigenvalue weighted by atomic mass is 19.2. The summed E-state index contributed by atoms with van der Waals surface area (Å²) in [6, 6.07) is 0. The molecule has 0 aromatic rings. The molecule has 0 spiro atoms. The smallest absolute Gasteiger partial charge is 0.135 e. The molecule has 1 saturated carbocycles. The summed E-state index contributed by atoms with van der Waals surface area (Å²) in [6.07, 6.45) is 2.46. The summed E-state index contributed by atoms with van der Waals surface area (Å²) in [6.45, 7) is 0. The first kappa shape index (κ1) is 5.39. The quantitative estimate of drug-likeness (QED) is 0.472. The molecule has 0 heterocycles. The van der Waals surface area contributed by atoms with Crippen LogP contribution in [-0.4, -0.2) is 0 Å². The van der Waals surface area contributed by atoms with Crippen LogP contribution in [0.4, 0.5) is 8.78 Å². The summed E-state index contributed by atoms with van der Waals surface area (Å²) < 4.78 is 25.0. The molecule has 1 fully saturated rings. The van der Waals surface area contributed by atoms with Gasteiger partial charge in [0, 0.05) is 11.8 Å². The average molecular weight is 130 g/mol. The SMILES string of the molecule is FC1=C(F)C2CCC1C2. The molecule has 0 saturated heterocycles. The minimum atomic E-state index is -0.453. The molecule has 50 valence electrons. The van der Waals surface area contributed by atoms with Crippen molar-refractivity contribution >= 4 is 0 Å². The maximum atomic E-state index is 12.5. The molecule has 0 aromatic carbocycles. The molecular weight excluding hydrogens is 122 g/mol. The Bertz CT molecular complexity index is 154. The van der Waals surface area contributed by atoms with Gasteiger partial charge in [-0.2, -0.15) is 0 Å². The molecule has 2 aliphatic rings. The van der Waals surface area contributed by atoms with Crippen molar-refractivity contribution in [2.45, 2.75) is 19.3 Å². The van der Waals surface area contributed by atoms with E-state index < -0.39 is 11.7 Å². The van der Waals surface area contributed by atoms with Crippen LogP contribution in [0.1, 0.15) is 19.3 Å². The molecule has 0 nitrogen and oxygen atoms in total. The standard InChI is InChI=1S/C7H8F2/c8-6-4-1-2-5(3-4)7(6)9/h4-5H,1-3H2. The summed E-state index contributed by atoms with van der Waals surface area (Å²) >= 11 is 0. The van der Waals surface area contributed by atoms with Crippen molar-refractivity contribution in [3.63, 3.8) is 0 Å². The molecule has 0 amide bonds. The van der Waals surface area contributed by atoms with E-state index in [1.165, 1.54) is 0 Å². The first-order chi connectivity index (χ1) is 4.29. The minimum absolute atomic E-state index is 0.0463. The van der Waals surface area contributed by atoms with Crippen molar-refractivity contribution in [1.82, 2.24) is 0 Å². The van der Waals surface area contributed by atoms with E-state index in [2.05, 4.69) is 0 Å². The van der Waals surface area contributed by atoms with E-state index in [0.717, 1.165) is 19.3 Å². The van der Waals surface area contributed by atoms with Crippen molar-refractivity contribution in [1.29, 1.82) is 0 Å². The van der Waals surface area contributed by atoms with E-state index in [1.54, 1.807) is 0 Å². The summed E-state index contributed by atoms with van der Waals surface area (Å²) in [5.74, 6) is -0.998. The Kier molecular flexibility index (Phi) is 0.930. The zero-order valence-electron chi connectivity index (χ0n) is 5.03. The van der Waals surface area contributed by atoms with E-state index in [4.69, 9.17) is 0 Å². The van der Waals surface area contributed by atoms with Gasteiger partial charge in [0.1, 0.15) is 11.7 Å². The lowest BCUT2D eigenvalue weighted by atomic mass is 10.1. The van der Waals surface area contributed by atoms with Gasteiger partial charge < -0.3 is 0 Å². The van der Waals surface area contributed by atoms with Gasteiger partial charge in [-0.3, -0.25) is 0 Å². The normalized spacial score (nSPS) is 40.7. The van der Waals surface area contributed by atoms with Gasteiger partial charge >= 0.3 is 0 Å². The maximum Gasteiger partial charge on any atom is 0.135 e. The van der Waals surface area contributed by atoms with Gasteiger partial charge in [-0.1, -0.05) is 0 Å². The summed E-state index contributed by atoms with van der Waals surface area (Å²) in [4.78, 5) is 0. The van der Waals surface area contributed by atoms with Gasteiger partial charge in [-0.25, -0.2) is 8.78 Å². The highest BCUT2D eigenvalue weighted by molar-refractivity contribution is 5.18. The monoisotopic (exact) mass is 130 g/mol. The summed E-state index contributed by atoms with van der Waals surface area (Å²) in [5.41, 5.74) is 0. The van der Waals surface area contributed by atoms with Gasteiger partial charge in [-0.05, 0) is 19.3 Å². The summed E-state index contributed by atoms with van der Waals surface area (Å²) in [5, 5.41) is 0. The second-order valence-corrected chi connectivity index (χ2v) is 2.90. The van der Waals surface area contributed by atoms with E-state index >= 15 is 0 Å². The van der Waals surface area contributed by atoms with Crippen molar-refractivity contribution in [3.8, 4) is 0 Å². The largest absolute Gasteiger partial charge is 0.209 e. The van der Waals surface area contributed by atoms with Gasteiger partial charge in [0.2, 0.25) is 0 Å². The Balaban J connectivity index is 2.36. The highest BCUT2D eigenvalue weighted by Gasteiger charge is 2.40. The van der Waals surface area contributed by atoms with Crippen molar-refractivity contribution in [2.75, 3.05) is 0 Å². The molecule has 2 rings (SSSR count). The van der Waals surface area contributed by atoms with Crippen LogP contribution >= 0.6 is 0 Å². The fourth-order valence-electron chi connectivity index (χ4n) is 1.83. The molecule has 9 heavy (non-hydrogen) atoms. The lowest BCUT2D eigenvalue weighted by molar-refractivity contribution is 0.424. The van der Waals surface area contributed by atoms with Crippen molar-refractivity contribution in [3.05, 3.63) is 11.7 Å². The number of rotatable bonds is 0. The zero-order valence-corrected chi connectivity index (χ0v) is 5.03. The Morgan fingerprint density at radius 3 is 1.67 bits per heavy atom. The predicted molar refractivity (Wildman–Crippen MR) is 30.1 cm³/mol. The second kappa shape index (κ2) is 1.55. The lowest BCUT2D eigenvalue weighted by Crippen LogP contribution is -1.95. The predicted octanol–water partition coefficient (Wildman–Crippen LogP) is 2.57. The topological polar surface area (TPSA) is 0 Å². The van der Waals surface area contributed by atoms with E-state index in [-0.39, 0.29) is 11.8 Å². The van der Waals surface area contributed by atoms with Crippen LogP contribution in [0.25, 0.3) is 0 Å². The molecule has 2 aliphatic carbocycles. The van der Waals surface area contributed by atoms with Crippen LogP contribution < -0.4 is 0 Å². The molecule has 0 aromatic heterocycles. The Hall–Kier alpha value is -0.400. The minimum Gasteiger partial charge on any atom is -0.209 e. The molecule has 0 radical (unpaired) electrons. The number of halogens is 2. The van der Waals surface area contributed by atoms with Crippen LogP contribution in [0.2, 0.25) is 0 Å². The first-order valence-electron chi connectivity index (χ1n) is 3.34. The maximum absolute atomic E-state index is 12.5. The van der Waals surface area contributed by atoms with Crippen LogP contribution in [-0.2, 0) is 0 Å². The van der Waals surface area contributed by atoms with Crippen molar-refractivity contribution in [2.24, 2.45) is 11.8 Å². The Morgan fingerprint density at radius 2 is 1.44 bits per heavy atom. The molecule has 2 atom stereocenters. The number of hydrogen-bond acceptors (Lipinski definition) is 0. The number of fused-ring (bicyclic) bond motifs is 2. The third-order valence-corrected chi connectivity index (χ3v) is 2.38. The van der Waals surface area contributed by atoms with Crippen molar-refractivity contribution < 1.29 is 8.78 Å². The van der Waals surface area contributed by atoms with E-state index in [9.17, 15) is 8.78 Å². The fraction of sp³-hybridized carbons (Fsp3) is 0.714. The number of allylic oxidation sites excluding steroid dienone is 2. The average Bonchev–Trinajstić information content (AvgIpc) is 2.37. The third kappa shape index (κ3) is 0.562. The Labute approximate surface area is 52.6 Å².